The molecule has 3 heteroatoms. The van der Waals surface area contributed by atoms with Crippen LogP contribution in [-0.2, 0) is 12.8 Å². The molecule has 0 spiro atoms. The van der Waals surface area contributed by atoms with Gasteiger partial charge in [0.15, 0.2) is 0 Å². The Morgan fingerprint density at radius 2 is 1.32 bits per heavy atom. The first-order chi connectivity index (χ1) is 12.2. The van der Waals surface area contributed by atoms with Gasteiger partial charge in [-0.2, -0.15) is 0 Å². The summed E-state index contributed by atoms with van der Waals surface area (Å²) in [4.78, 5) is 12.2. The highest BCUT2D eigenvalue weighted by Gasteiger charge is 2.13. The van der Waals surface area contributed by atoms with Crippen LogP contribution in [-0.4, -0.2) is 6.16 Å². The molecule has 0 fully saturated rings. The van der Waals surface area contributed by atoms with Gasteiger partial charge in [-0.25, -0.2) is 4.79 Å². The normalized spacial score (nSPS) is 10.5. The monoisotopic (exact) mass is 340 g/mol. The zero-order chi connectivity index (χ0) is 17.9. The van der Waals surface area contributed by atoms with Crippen LogP contribution in [0.25, 0.3) is 0 Å². The summed E-state index contributed by atoms with van der Waals surface area (Å²) in [5.74, 6) is 1.16. The van der Waals surface area contributed by atoms with Gasteiger partial charge in [0.05, 0.1) is 0 Å². The van der Waals surface area contributed by atoms with Gasteiger partial charge >= 0.3 is 6.16 Å². The van der Waals surface area contributed by atoms with Crippen LogP contribution in [0.2, 0.25) is 0 Å². The molecule has 0 aliphatic rings. The van der Waals surface area contributed by atoms with E-state index in [1.54, 1.807) is 6.07 Å². The lowest BCUT2D eigenvalue weighted by atomic mass is 10.0. The summed E-state index contributed by atoms with van der Waals surface area (Å²) in [6, 6.07) is 15.2. The van der Waals surface area contributed by atoms with Crippen molar-refractivity contribution in [1.82, 2.24) is 0 Å². The van der Waals surface area contributed by atoms with Crippen molar-refractivity contribution < 1.29 is 14.3 Å². The zero-order valence-corrected chi connectivity index (χ0v) is 15.3. The minimum atomic E-state index is -0.681. The smallest absolute Gasteiger partial charge is 0.394 e. The van der Waals surface area contributed by atoms with Crippen molar-refractivity contribution in [3.63, 3.8) is 0 Å². The Morgan fingerprint density at radius 1 is 0.760 bits per heavy atom. The minimum absolute atomic E-state index is 0.562. The van der Waals surface area contributed by atoms with Crippen molar-refractivity contribution in [3.8, 4) is 11.5 Å². The molecule has 3 nitrogen and oxygen atoms in total. The predicted molar refractivity (Wildman–Crippen MR) is 101 cm³/mol. The Bertz CT molecular complexity index is 664. The molecule has 134 valence electrons. The largest absolute Gasteiger partial charge is 0.519 e. The van der Waals surface area contributed by atoms with Crippen LogP contribution < -0.4 is 9.47 Å². The fourth-order valence-electron chi connectivity index (χ4n) is 2.82. The average molecular weight is 340 g/mol. The first kappa shape index (κ1) is 19.0. The van der Waals surface area contributed by atoms with Gasteiger partial charge in [-0.1, -0.05) is 75.9 Å². The summed E-state index contributed by atoms with van der Waals surface area (Å²) in [5, 5.41) is 0. The average Bonchev–Trinajstić information content (AvgIpc) is 2.63. The SMILES string of the molecule is CCCCCCCc1ccccc1OC(=O)Oc1ccccc1CC. The number of rotatable bonds is 9. The summed E-state index contributed by atoms with van der Waals surface area (Å²) < 4.78 is 10.9. The Balaban J connectivity index is 1.94. The highest BCUT2D eigenvalue weighted by Crippen LogP contribution is 2.23. The zero-order valence-electron chi connectivity index (χ0n) is 15.3. The molecule has 0 heterocycles. The molecule has 0 atom stereocenters. The maximum Gasteiger partial charge on any atom is 0.519 e. The van der Waals surface area contributed by atoms with Crippen LogP contribution >= 0.6 is 0 Å². The third-order valence-electron chi connectivity index (χ3n) is 4.26. The van der Waals surface area contributed by atoms with Crippen molar-refractivity contribution in [2.75, 3.05) is 0 Å². The fraction of sp³-hybridized carbons (Fsp3) is 0.409. The van der Waals surface area contributed by atoms with Crippen LogP contribution in [0.1, 0.15) is 57.1 Å². The molecular weight excluding hydrogens is 312 g/mol. The Morgan fingerprint density at radius 3 is 1.96 bits per heavy atom. The number of benzene rings is 2. The van der Waals surface area contributed by atoms with Crippen molar-refractivity contribution in [3.05, 3.63) is 59.7 Å². The van der Waals surface area contributed by atoms with Crippen molar-refractivity contribution in [2.45, 2.75) is 58.8 Å². The van der Waals surface area contributed by atoms with E-state index in [9.17, 15) is 4.79 Å². The lowest BCUT2D eigenvalue weighted by molar-refractivity contribution is 0.151. The summed E-state index contributed by atoms with van der Waals surface area (Å²) in [7, 11) is 0. The van der Waals surface area contributed by atoms with E-state index >= 15 is 0 Å². The quantitative estimate of drug-likeness (QED) is 0.303. The van der Waals surface area contributed by atoms with Gasteiger partial charge in [0.1, 0.15) is 11.5 Å². The van der Waals surface area contributed by atoms with E-state index in [0.29, 0.717) is 11.5 Å². The molecule has 0 saturated heterocycles. The standard InChI is InChI=1S/C22H28O3/c1-3-5-6-7-8-14-19-15-10-12-17-21(19)25-22(23)24-20-16-11-9-13-18(20)4-2/h9-13,15-17H,3-8,14H2,1-2H3. The fourth-order valence-corrected chi connectivity index (χ4v) is 2.82. The number of ether oxygens (including phenoxy) is 2. The Labute approximate surface area is 151 Å². The van der Waals surface area contributed by atoms with E-state index in [2.05, 4.69) is 6.92 Å². The number of carbonyl (C=O) groups is 1. The maximum atomic E-state index is 12.2. The van der Waals surface area contributed by atoms with Crippen molar-refractivity contribution >= 4 is 6.16 Å². The van der Waals surface area contributed by atoms with E-state index < -0.39 is 6.16 Å². The molecular formula is C22H28O3. The molecule has 2 aromatic rings. The molecule has 0 aromatic heterocycles. The molecule has 0 aliphatic heterocycles. The van der Waals surface area contributed by atoms with E-state index in [-0.39, 0.29) is 0 Å². The molecule has 0 amide bonds. The molecule has 25 heavy (non-hydrogen) atoms. The molecule has 0 unspecified atom stereocenters. The van der Waals surface area contributed by atoms with Gasteiger partial charge in [0.25, 0.3) is 0 Å². The van der Waals surface area contributed by atoms with E-state index in [4.69, 9.17) is 9.47 Å². The topological polar surface area (TPSA) is 35.5 Å². The number of unbranched alkanes of at least 4 members (excludes halogenated alkanes) is 4. The first-order valence-electron chi connectivity index (χ1n) is 9.30. The number of aryl methyl sites for hydroxylation is 2. The van der Waals surface area contributed by atoms with Crippen LogP contribution in [0.15, 0.2) is 48.5 Å². The summed E-state index contributed by atoms with van der Waals surface area (Å²) in [6.45, 7) is 4.24. The number of hydrogen-bond acceptors (Lipinski definition) is 3. The van der Waals surface area contributed by atoms with E-state index in [1.807, 2.05) is 49.4 Å². The summed E-state index contributed by atoms with van der Waals surface area (Å²) in [6.07, 6.45) is 7.13. The second kappa shape index (κ2) is 10.5. The Kier molecular flexibility index (Phi) is 8.03. The van der Waals surface area contributed by atoms with Crippen LogP contribution in [0.3, 0.4) is 0 Å². The number of hydrogen-bond donors (Lipinski definition) is 0. The third-order valence-corrected chi connectivity index (χ3v) is 4.26. The third kappa shape index (κ3) is 6.26. The molecule has 0 bridgehead atoms. The van der Waals surface area contributed by atoms with Crippen LogP contribution in [0, 0.1) is 0 Å². The molecule has 2 aromatic carbocycles. The molecule has 0 aliphatic carbocycles. The van der Waals surface area contributed by atoms with E-state index in [1.165, 1.54) is 25.7 Å². The highest BCUT2D eigenvalue weighted by atomic mass is 16.7. The molecule has 0 saturated carbocycles. The second-order valence-corrected chi connectivity index (χ2v) is 6.19. The minimum Gasteiger partial charge on any atom is -0.394 e. The number of para-hydroxylation sites is 2. The molecule has 0 N–H and O–H groups in total. The summed E-state index contributed by atoms with van der Waals surface area (Å²) >= 11 is 0. The van der Waals surface area contributed by atoms with E-state index in [0.717, 1.165) is 30.4 Å². The lowest BCUT2D eigenvalue weighted by Crippen LogP contribution is -2.15. The van der Waals surface area contributed by atoms with Crippen LogP contribution in [0.4, 0.5) is 4.79 Å². The Hall–Kier alpha value is -2.29. The van der Waals surface area contributed by atoms with Crippen LogP contribution in [0.5, 0.6) is 11.5 Å². The predicted octanol–water partition coefficient (Wildman–Crippen LogP) is 6.34. The molecule has 2 rings (SSSR count). The van der Waals surface area contributed by atoms with Gasteiger partial charge in [-0.15, -0.1) is 0 Å². The van der Waals surface area contributed by atoms with Gasteiger partial charge in [-0.3, -0.25) is 0 Å². The van der Waals surface area contributed by atoms with Gasteiger partial charge in [-0.05, 0) is 42.5 Å². The molecule has 0 radical (unpaired) electrons. The first-order valence-corrected chi connectivity index (χ1v) is 9.30. The van der Waals surface area contributed by atoms with Gasteiger partial charge in [0, 0.05) is 0 Å². The van der Waals surface area contributed by atoms with Gasteiger partial charge in [0.2, 0.25) is 0 Å². The van der Waals surface area contributed by atoms with Crippen molar-refractivity contribution in [2.24, 2.45) is 0 Å². The highest BCUT2D eigenvalue weighted by molar-refractivity contribution is 5.68. The lowest BCUT2D eigenvalue weighted by Gasteiger charge is -2.11. The number of carbonyl (C=O) groups excluding carboxylic acids is 1. The summed E-state index contributed by atoms with van der Waals surface area (Å²) in [5.41, 5.74) is 2.04. The van der Waals surface area contributed by atoms with Crippen molar-refractivity contribution in [1.29, 1.82) is 0 Å². The van der Waals surface area contributed by atoms with Gasteiger partial charge < -0.3 is 9.47 Å². The maximum absolute atomic E-state index is 12.2. The second-order valence-electron chi connectivity index (χ2n) is 6.19.